The van der Waals surface area contributed by atoms with Gasteiger partial charge < -0.3 is 9.84 Å². The fourth-order valence-corrected chi connectivity index (χ4v) is 5.70. The smallest absolute Gasteiger partial charge is 0.311 e. The summed E-state index contributed by atoms with van der Waals surface area (Å²) in [7, 11) is 1.51. The van der Waals surface area contributed by atoms with Gasteiger partial charge in [-0.3, -0.25) is 4.79 Å². The molecule has 1 fully saturated rings. The van der Waals surface area contributed by atoms with E-state index in [1.54, 1.807) is 0 Å². The van der Waals surface area contributed by atoms with E-state index >= 15 is 0 Å². The van der Waals surface area contributed by atoms with Crippen LogP contribution in [-0.4, -0.2) is 18.2 Å². The predicted molar refractivity (Wildman–Crippen MR) is 95.3 cm³/mol. The Labute approximate surface area is 145 Å². The first-order valence-corrected chi connectivity index (χ1v) is 9.19. The van der Waals surface area contributed by atoms with Gasteiger partial charge in [0.2, 0.25) is 0 Å². The third-order valence-electron chi connectivity index (χ3n) is 6.79. The maximum absolute atomic E-state index is 12.6. The maximum Gasteiger partial charge on any atom is 0.311 e. The van der Waals surface area contributed by atoms with Crippen molar-refractivity contribution in [3.8, 4) is 5.75 Å². The molecule has 1 saturated carbocycles. The van der Waals surface area contributed by atoms with Gasteiger partial charge in [0.1, 0.15) is 5.75 Å². The predicted octanol–water partition coefficient (Wildman–Crippen LogP) is 4.70. The van der Waals surface area contributed by atoms with Crippen molar-refractivity contribution in [2.45, 2.75) is 71.1 Å². The Morgan fingerprint density at radius 1 is 1.29 bits per heavy atom. The number of carbonyl (C=O) groups is 1. The highest BCUT2D eigenvalue weighted by molar-refractivity contribution is 5.77. The van der Waals surface area contributed by atoms with Crippen molar-refractivity contribution >= 4 is 5.97 Å². The molecule has 0 amide bonds. The Morgan fingerprint density at radius 2 is 2.00 bits per heavy atom. The van der Waals surface area contributed by atoms with Crippen molar-refractivity contribution in [3.63, 3.8) is 0 Å². The lowest BCUT2D eigenvalue weighted by Crippen LogP contribution is -2.52. The average molecular weight is 330 g/mol. The summed E-state index contributed by atoms with van der Waals surface area (Å²) < 4.78 is 5.18. The maximum atomic E-state index is 12.6. The molecule has 0 saturated heterocycles. The van der Waals surface area contributed by atoms with Crippen LogP contribution in [0.25, 0.3) is 0 Å². The van der Waals surface area contributed by atoms with Crippen molar-refractivity contribution in [1.82, 2.24) is 0 Å². The number of aromatic hydroxyl groups is 1. The molecule has 1 aromatic carbocycles. The van der Waals surface area contributed by atoms with E-state index in [0.29, 0.717) is 17.6 Å². The SMILES string of the molecule is COC(=O)[C@@]1(C)CCC[C@]2(C)c3ccc(O)c(C(C)C)c3CCC12. The molecule has 0 bridgehead atoms. The summed E-state index contributed by atoms with van der Waals surface area (Å²) in [6, 6.07) is 3.96. The van der Waals surface area contributed by atoms with E-state index in [1.165, 1.54) is 18.2 Å². The fourth-order valence-electron chi connectivity index (χ4n) is 5.70. The Hall–Kier alpha value is -1.51. The van der Waals surface area contributed by atoms with E-state index in [0.717, 1.165) is 37.7 Å². The number of methoxy groups -OCH3 is 1. The molecule has 0 radical (unpaired) electrons. The zero-order chi connectivity index (χ0) is 17.7. The highest BCUT2D eigenvalue weighted by Gasteiger charge is 2.55. The number of ether oxygens (including phenoxy) is 1. The van der Waals surface area contributed by atoms with Crippen molar-refractivity contribution in [2.24, 2.45) is 11.3 Å². The third kappa shape index (κ3) is 2.28. The Balaban J connectivity index is 2.15. The zero-order valence-corrected chi connectivity index (χ0v) is 15.6. The van der Waals surface area contributed by atoms with Gasteiger partial charge in [-0.05, 0) is 72.6 Å². The second-order valence-electron chi connectivity index (χ2n) is 8.45. The van der Waals surface area contributed by atoms with E-state index in [1.807, 2.05) is 6.07 Å². The van der Waals surface area contributed by atoms with Gasteiger partial charge in [0.05, 0.1) is 12.5 Å². The molecule has 24 heavy (non-hydrogen) atoms. The quantitative estimate of drug-likeness (QED) is 0.800. The van der Waals surface area contributed by atoms with Crippen LogP contribution in [0.4, 0.5) is 0 Å². The summed E-state index contributed by atoms with van der Waals surface area (Å²) in [6.07, 6.45) is 4.96. The summed E-state index contributed by atoms with van der Waals surface area (Å²) in [4.78, 5) is 12.6. The third-order valence-corrected chi connectivity index (χ3v) is 6.79. The Kier molecular flexibility index (Phi) is 4.17. The summed E-state index contributed by atoms with van der Waals surface area (Å²) in [5.74, 6) is 0.945. The number of esters is 1. The molecule has 0 heterocycles. The minimum Gasteiger partial charge on any atom is -0.508 e. The van der Waals surface area contributed by atoms with Gasteiger partial charge in [-0.1, -0.05) is 33.3 Å². The van der Waals surface area contributed by atoms with E-state index < -0.39 is 5.41 Å². The number of hydrogen-bond acceptors (Lipinski definition) is 3. The molecule has 2 aliphatic carbocycles. The molecule has 1 N–H and O–H groups in total. The lowest BCUT2D eigenvalue weighted by molar-refractivity contribution is -0.161. The largest absolute Gasteiger partial charge is 0.508 e. The number of phenolic OH excluding ortho intramolecular Hbond substituents is 1. The van der Waals surface area contributed by atoms with Gasteiger partial charge in [-0.2, -0.15) is 0 Å². The minimum atomic E-state index is -0.407. The molecule has 0 aromatic heterocycles. The molecule has 0 aliphatic heterocycles. The van der Waals surface area contributed by atoms with Gasteiger partial charge in [-0.15, -0.1) is 0 Å². The van der Waals surface area contributed by atoms with Crippen molar-refractivity contribution in [3.05, 3.63) is 28.8 Å². The lowest BCUT2D eigenvalue weighted by atomic mass is 9.49. The second kappa shape index (κ2) is 5.79. The van der Waals surface area contributed by atoms with Crippen LogP contribution in [0.5, 0.6) is 5.75 Å². The van der Waals surface area contributed by atoms with E-state index in [-0.39, 0.29) is 11.4 Å². The zero-order valence-electron chi connectivity index (χ0n) is 15.6. The standard InChI is InChI=1S/C21H30O3/c1-13(2)18-14-7-10-17-20(3,15(14)8-9-16(18)22)11-6-12-21(17,4)19(23)24-5/h8-9,13,17,22H,6-7,10-12H2,1-5H3/t17?,20-,21+/m1/s1. The first-order chi connectivity index (χ1) is 11.3. The van der Waals surface area contributed by atoms with Crippen LogP contribution in [0, 0.1) is 11.3 Å². The van der Waals surface area contributed by atoms with Crippen molar-refractivity contribution in [1.29, 1.82) is 0 Å². The molecule has 2 aliphatic rings. The summed E-state index contributed by atoms with van der Waals surface area (Å²) >= 11 is 0. The Morgan fingerprint density at radius 3 is 2.62 bits per heavy atom. The van der Waals surface area contributed by atoms with Crippen LogP contribution in [0.1, 0.15) is 76.0 Å². The first-order valence-electron chi connectivity index (χ1n) is 9.19. The molecular weight excluding hydrogens is 300 g/mol. The summed E-state index contributed by atoms with van der Waals surface area (Å²) in [5.41, 5.74) is 3.33. The van der Waals surface area contributed by atoms with E-state index in [4.69, 9.17) is 4.74 Å². The number of hydrogen-bond donors (Lipinski definition) is 1. The van der Waals surface area contributed by atoms with Crippen LogP contribution in [0.15, 0.2) is 12.1 Å². The highest BCUT2D eigenvalue weighted by Crippen LogP contribution is 2.58. The molecule has 3 rings (SSSR count). The second-order valence-corrected chi connectivity index (χ2v) is 8.45. The fraction of sp³-hybridized carbons (Fsp3) is 0.667. The molecule has 1 aromatic rings. The van der Waals surface area contributed by atoms with Crippen LogP contribution < -0.4 is 0 Å². The molecular formula is C21H30O3. The molecule has 3 atom stereocenters. The molecule has 3 heteroatoms. The average Bonchev–Trinajstić information content (AvgIpc) is 2.52. The monoisotopic (exact) mass is 330 g/mol. The molecule has 0 spiro atoms. The summed E-state index contributed by atoms with van der Waals surface area (Å²) in [6.45, 7) is 8.69. The molecule has 1 unspecified atom stereocenters. The van der Waals surface area contributed by atoms with Crippen LogP contribution >= 0.6 is 0 Å². The van der Waals surface area contributed by atoms with Gasteiger partial charge in [-0.25, -0.2) is 0 Å². The topological polar surface area (TPSA) is 46.5 Å². The van der Waals surface area contributed by atoms with Crippen LogP contribution in [0.3, 0.4) is 0 Å². The summed E-state index contributed by atoms with van der Waals surface area (Å²) in [5, 5.41) is 10.4. The highest BCUT2D eigenvalue weighted by atomic mass is 16.5. The van der Waals surface area contributed by atoms with Crippen molar-refractivity contribution < 1.29 is 14.6 Å². The van der Waals surface area contributed by atoms with E-state index in [2.05, 4.69) is 33.8 Å². The number of benzene rings is 1. The molecule has 132 valence electrons. The lowest BCUT2D eigenvalue weighted by Gasteiger charge is -2.54. The van der Waals surface area contributed by atoms with Crippen molar-refractivity contribution in [2.75, 3.05) is 7.11 Å². The van der Waals surface area contributed by atoms with Gasteiger partial charge in [0.25, 0.3) is 0 Å². The van der Waals surface area contributed by atoms with Gasteiger partial charge in [0, 0.05) is 0 Å². The molecule has 3 nitrogen and oxygen atoms in total. The van der Waals surface area contributed by atoms with Gasteiger partial charge >= 0.3 is 5.97 Å². The van der Waals surface area contributed by atoms with Crippen LogP contribution in [-0.2, 0) is 21.4 Å². The van der Waals surface area contributed by atoms with E-state index in [9.17, 15) is 9.90 Å². The Bertz CT molecular complexity index is 663. The first kappa shape index (κ1) is 17.3. The number of phenols is 1. The number of fused-ring (bicyclic) bond motifs is 3. The number of rotatable bonds is 2. The number of carbonyl (C=O) groups excluding carboxylic acids is 1. The van der Waals surface area contributed by atoms with Gasteiger partial charge in [0.15, 0.2) is 0 Å². The minimum absolute atomic E-state index is 0.0217. The van der Waals surface area contributed by atoms with Crippen LogP contribution in [0.2, 0.25) is 0 Å². The normalized spacial score (nSPS) is 32.2.